The van der Waals surface area contributed by atoms with Gasteiger partial charge >= 0.3 is 5.97 Å². The molecule has 3 heterocycles. The van der Waals surface area contributed by atoms with Gasteiger partial charge in [-0.25, -0.2) is 9.78 Å². The number of likely N-dealkylation sites (N-methyl/N-ethyl adjacent to an activating group) is 1. The second-order valence-electron chi connectivity index (χ2n) is 7.92. The number of nitrogens with zero attached hydrogens (tertiary/aromatic N) is 2. The minimum absolute atomic E-state index is 0.245. The van der Waals surface area contributed by atoms with Crippen LogP contribution in [0.15, 0.2) is 64.6 Å². The van der Waals surface area contributed by atoms with Crippen molar-refractivity contribution in [2.75, 3.05) is 13.7 Å². The highest BCUT2D eigenvalue weighted by Crippen LogP contribution is 2.37. The van der Waals surface area contributed by atoms with Gasteiger partial charge in [-0.15, -0.1) is 11.3 Å². The van der Waals surface area contributed by atoms with Crippen molar-refractivity contribution < 1.29 is 18.7 Å². The molecule has 1 aliphatic carbocycles. The van der Waals surface area contributed by atoms with Crippen LogP contribution in [0.3, 0.4) is 0 Å². The first-order chi connectivity index (χ1) is 16.1. The SMILES string of the molecule is CN(Cc1cccs1)C(=O)COC(=O)c1c2c(nc3ccccc13)/C(=C\c1ccco1)CC2. The number of fused-ring (bicyclic) bond motifs is 2. The van der Waals surface area contributed by atoms with E-state index < -0.39 is 5.97 Å². The first kappa shape index (κ1) is 21.2. The minimum Gasteiger partial charge on any atom is -0.465 e. The number of hydrogen-bond donors (Lipinski definition) is 0. The molecule has 3 aromatic heterocycles. The molecule has 0 fully saturated rings. The zero-order chi connectivity index (χ0) is 22.8. The molecule has 166 valence electrons. The number of aromatic nitrogens is 1. The van der Waals surface area contributed by atoms with E-state index in [1.54, 1.807) is 29.5 Å². The van der Waals surface area contributed by atoms with Crippen molar-refractivity contribution in [2.24, 2.45) is 0 Å². The Labute approximate surface area is 195 Å². The second kappa shape index (κ2) is 9.03. The Balaban J connectivity index is 1.42. The number of furan rings is 1. The maximum Gasteiger partial charge on any atom is 0.339 e. The van der Waals surface area contributed by atoms with Crippen LogP contribution in [-0.2, 0) is 22.5 Å². The van der Waals surface area contributed by atoms with Gasteiger partial charge in [-0.2, -0.15) is 0 Å². The lowest BCUT2D eigenvalue weighted by Crippen LogP contribution is -2.30. The summed E-state index contributed by atoms with van der Waals surface area (Å²) in [5.74, 6) is 0.00319. The molecule has 33 heavy (non-hydrogen) atoms. The van der Waals surface area contributed by atoms with Crippen molar-refractivity contribution in [2.45, 2.75) is 19.4 Å². The van der Waals surface area contributed by atoms with Crippen molar-refractivity contribution in [3.8, 4) is 0 Å². The summed E-state index contributed by atoms with van der Waals surface area (Å²) in [7, 11) is 1.71. The Bertz CT molecular complexity index is 1340. The largest absolute Gasteiger partial charge is 0.465 e. The predicted molar refractivity (Wildman–Crippen MR) is 128 cm³/mol. The van der Waals surface area contributed by atoms with Crippen LogP contribution < -0.4 is 0 Å². The first-order valence-electron chi connectivity index (χ1n) is 10.7. The molecule has 0 saturated heterocycles. The molecule has 0 spiro atoms. The zero-order valence-electron chi connectivity index (χ0n) is 18.1. The molecule has 1 aliphatic rings. The number of amides is 1. The van der Waals surface area contributed by atoms with Crippen LogP contribution in [0.5, 0.6) is 0 Å². The van der Waals surface area contributed by atoms with E-state index in [1.807, 2.05) is 60.0 Å². The van der Waals surface area contributed by atoms with E-state index in [9.17, 15) is 9.59 Å². The summed E-state index contributed by atoms with van der Waals surface area (Å²) in [5, 5.41) is 2.71. The highest BCUT2D eigenvalue weighted by atomic mass is 32.1. The number of pyridine rings is 1. The molecular weight excluding hydrogens is 436 g/mol. The number of benzene rings is 1. The normalized spacial score (nSPS) is 13.9. The average Bonchev–Trinajstić information content (AvgIpc) is 3.59. The molecule has 0 atom stereocenters. The third-order valence-electron chi connectivity index (χ3n) is 5.73. The van der Waals surface area contributed by atoms with E-state index >= 15 is 0 Å². The molecule has 0 saturated carbocycles. The van der Waals surface area contributed by atoms with Crippen molar-refractivity contribution >= 4 is 45.8 Å². The van der Waals surface area contributed by atoms with Crippen molar-refractivity contribution in [1.82, 2.24) is 9.88 Å². The third kappa shape index (κ3) is 4.32. The molecule has 1 amide bonds. The van der Waals surface area contributed by atoms with Gasteiger partial charge in [0.1, 0.15) is 5.76 Å². The number of carbonyl (C=O) groups is 2. The van der Waals surface area contributed by atoms with Gasteiger partial charge in [0.25, 0.3) is 5.91 Å². The van der Waals surface area contributed by atoms with Gasteiger partial charge in [-0.3, -0.25) is 4.79 Å². The number of hydrogen-bond acceptors (Lipinski definition) is 6. The number of carbonyl (C=O) groups excluding carboxylic acids is 2. The molecule has 0 aliphatic heterocycles. The molecule has 1 aromatic carbocycles. The summed E-state index contributed by atoms with van der Waals surface area (Å²) >= 11 is 1.59. The van der Waals surface area contributed by atoms with Crippen LogP contribution in [-0.4, -0.2) is 35.4 Å². The van der Waals surface area contributed by atoms with Crippen molar-refractivity contribution in [1.29, 1.82) is 0 Å². The molecule has 0 radical (unpaired) electrons. The van der Waals surface area contributed by atoms with Crippen LogP contribution in [0.2, 0.25) is 0 Å². The first-order valence-corrected chi connectivity index (χ1v) is 11.6. The summed E-state index contributed by atoms with van der Waals surface area (Å²) in [6, 6.07) is 15.2. The van der Waals surface area contributed by atoms with E-state index in [2.05, 4.69) is 0 Å². The lowest BCUT2D eigenvalue weighted by molar-refractivity contribution is -0.133. The number of rotatable bonds is 6. The van der Waals surface area contributed by atoms with Crippen molar-refractivity contribution in [3.63, 3.8) is 0 Å². The molecule has 5 rings (SSSR count). The summed E-state index contributed by atoms with van der Waals surface area (Å²) in [6.45, 7) is 0.184. The fraction of sp³-hybridized carbons (Fsp3) is 0.192. The Kier molecular flexibility index (Phi) is 5.79. The summed E-state index contributed by atoms with van der Waals surface area (Å²) < 4.78 is 11.0. The van der Waals surface area contributed by atoms with Gasteiger partial charge in [0.2, 0.25) is 0 Å². The van der Waals surface area contributed by atoms with Crippen molar-refractivity contribution in [3.05, 3.63) is 87.6 Å². The topological polar surface area (TPSA) is 72.6 Å². The van der Waals surface area contributed by atoms with E-state index in [-0.39, 0.29) is 12.5 Å². The second-order valence-corrected chi connectivity index (χ2v) is 8.95. The van der Waals surface area contributed by atoms with Gasteiger partial charge in [0.15, 0.2) is 6.61 Å². The van der Waals surface area contributed by atoms with Gasteiger partial charge in [0.05, 0.1) is 29.6 Å². The van der Waals surface area contributed by atoms with Crippen LogP contribution in [0.1, 0.15) is 38.7 Å². The fourth-order valence-corrected chi connectivity index (χ4v) is 4.85. The third-order valence-corrected chi connectivity index (χ3v) is 6.59. The summed E-state index contributed by atoms with van der Waals surface area (Å²) in [6.07, 6.45) is 5.02. The Hall–Kier alpha value is -3.71. The van der Waals surface area contributed by atoms with Crippen LogP contribution in [0.25, 0.3) is 22.6 Å². The number of allylic oxidation sites excluding steroid dienone is 1. The monoisotopic (exact) mass is 458 g/mol. The highest BCUT2D eigenvalue weighted by Gasteiger charge is 2.28. The van der Waals surface area contributed by atoms with E-state index in [1.165, 1.54) is 0 Å². The zero-order valence-corrected chi connectivity index (χ0v) is 18.9. The maximum absolute atomic E-state index is 13.2. The Morgan fingerprint density at radius 3 is 2.82 bits per heavy atom. The fourth-order valence-electron chi connectivity index (χ4n) is 4.09. The molecule has 0 unspecified atom stereocenters. The molecule has 0 bridgehead atoms. The van der Waals surface area contributed by atoms with Gasteiger partial charge in [-0.1, -0.05) is 24.3 Å². The van der Waals surface area contributed by atoms with Gasteiger partial charge in [-0.05, 0) is 59.7 Å². The number of ether oxygens (including phenoxy) is 1. The number of para-hydroxylation sites is 1. The highest BCUT2D eigenvalue weighted by molar-refractivity contribution is 7.09. The number of thiophene rings is 1. The smallest absolute Gasteiger partial charge is 0.339 e. The Morgan fingerprint density at radius 1 is 1.15 bits per heavy atom. The summed E-state index contributed by atoms with van der Waals surface area (Å²) in [5.41, 5.74) is 3.88. The molecule has 4 aromatic rings. The van der Waals surface area contributed by atoms with E-state index in [0.717, 1.165) is 44.8 Å². The maximum atomic E-state index is 13.2. The standard InChI is InChI=1S/C26H22N2O4S/c1-28(15-19-7-5-13-33-19)23(29)16-32-26(30)24-20-8-2-3-9-22(20)27-25-17(10-11-21(24)25)14-18-6-4-12-31-18/h2-9,12-14H,10-11,15-16H2,1H3/b17-14-. The summed E-state index contributed by atoms with van der Waals surface area (Å²) in [4.78, 5) is 33.3. The van der Waals surface area contributed by atoms with Crippen LogP contribution in [0, 0.1) is 0 Å². The molecule has 6 nitrogen and oxygen atoms in total. The number of esters is 1. The molecule has 0 N–H and O–H groups in total. The minimum atomic E-state index is -0.498. The molecular formula is C26H22N2O4S. The van der Waals surface area contributed by atoms with E-state index in [0.29, 0.717) is 18.5 Å². The lowest BCUT2D eigenvalue weighted by atomic mass is 10.0. The quantitative estimate of drug-likeness (QED) is 0.372. The lowest BCUT2D eigenvalue weighted by Gasteiger charge is -2.17. The van der Waals surface area contributed by atoms with E-state index in [4.69, 9.17) is 14.1 Å². The van der Waals surface area contributed by atoms with Gasteiger partial charge in [0, 0.05) is 17.3 Å². The van der Waals surface area contributed by atoms with Crippen LogP contribution in [0.4, 0.5) is 0 Å². The predicted octanol–water partition coefficient (Wildman–Crippen LogP) is 5.19. The molecule has 7 heteroatoms. The van der Waals surface area contributed by atoms with Gasteiger partial charge < -0.3 is 14.1 Å². The Morgan fingerprint density at radius 2 is 2.03 bits per heavy atom. The van der Waals surface area contributed by atoms with Crippen LogP contribution >= 0.6 is 11.3 Å². The average molecular weight is 459 g/mol.